The lowest BCUT2D eigenvalue weighted by Crippen LogP contribution is -2.39. The maximum Gasteiger partial charge on any atom is 0.354 e. The SMILES string of the molecule is CC(C)C(CO)C(Nc1cccc(C(=O)O)n1)C(C)C. The van der Waals surface area contributed by atoms with E-state index in [1.807, 2.05) is 0 Å². The lowest BCUT2D eigenvalue weighted by molar-refractivity contribution is 0.0690. The van der Waals surface area contributed by atoms with E-state index in [0.29, 0.717) is 17.7 Å². The number of carboxylic acid groups (broad SMARTS) is 1. The molecule has 0 fully saturated rings. The van der Waals surface area contributed by atoms with Gasteiger partial charge in [0.2, 0.25) is 0 Å². The summed E-state index contributed by atoms with van der Waals surface area (Å²) in [6, 6.07) is 4.91. The number of carboxylic acids is 1. The minimum absolute atomic E-state index is 0.0163. The van der Waals surface area contributed by atoms with E-state index in [1.54, 1.807) is 12.1 Å². The van der Waals surface area contributed by atoms with Crippen molar-refractivity contribution in [2.75, 3.05) is 11.9 Å². The minimum atomic E-state index is -1.04. The molecule has 20 heavy (non-hydrogen) atoms. The summed E-state index contributed by atoms with van der Waals surface area (Å²) < 4.78 is 0. The van der Waals surface area contributed by atoms with Crippen LogP contribution in [-0.4, -0.2) is 33.8 Å². The van der Waals surface area contributed by atoms with Crippen LogP contribution in [0.4, 0.5) is 5.82 Å². The van der Waals surface area contributed by atoms with Crippen molar-refractivity contribution in [2.24, 2.45) is 17.8 Å². The number of anilines is 1. The van der Waals surface area contributed by atoms with E-state index >= 15 is 0 Å². The van der Waals surface area contributed by atoms with Crippen molar-refractivity contribution in [3.8, 4) is 0 Å². The van der Waals surface area contributed by atoms with E-state index in [1.165, 1.54) is 6.07 Å². The van der Waals surface area contributed by atoms with E-state index in [0.717, 1.165) is 0 Å². The van der Waals surface area contributed by atoms with Gasteiger partial charge in [-0.2, -0.15) is 0 Å². The summed E-state index contributed by atoms with van der Waals surface area (Å²) in [7, 11) is 0. The van der Waals surface area contributed by atoms with Gasteiger partial charge in [-0.05, 0) is 24.0 Å². The van der Waals surface area contributed by atoms with Crippen LogP contribution >= 0.6 is 0 Å². The number of aromatic carboxylic acids is 1. The first kappa shape index (κ1) is 16.4. The molecule has 2 unspecified atom stereocenters. The van der Waals surface area contributed by atoms with Gasteiger partial charge in [0.05, 0.1) is 0 Å². The maximum absolute atomic E-state index is 10.9. The van der Waals surface area contributed by atoms with Crippen molar-refractivity contribution in [3.05, 3.63) is 23.9 Å². The van der Waals surface area contributed by atoms with Gasteiger partial charge in [0.1, 0.15) is 5.82 Å². The number of pyridine rings is 1. The predicted octanol–water partition coefficient (Wildman–Crippen LogP) is 2.48. The monoisotopic (exact) mass is 280 g/mol. The Bertz CT molecular complexity index is 446. The second-order valence-corrected chi connectivity index (χ2v) is 5.72. The molecule has 112 valence electrons. The van der Waals surface area contributed by atoms with Gasteiger partial charge in [-0.3, -0.25) is 0 Å². The average Bonchev–Trinajstić information content (AvgIpc) is 2.38. The first-order chi connectivity index (χ1) is 9.36. The number of nitrogens with zero attached hydrogens (tertiary/aromatic N) is 1. The summed E-state index contributed by atoms with van der Waals surface area (Å²) in [6.07, 6.45) is 0. The third-order valence-corrected chi connectivity index (χ3v) is 3.53. The molecule has 1 aromatic heterocycles. The lowest BCUT2D eigenvalue weighted by Gasteiger charge is -2.33. The fraction of sp³-hybridized carbons (Fsp3) is 0.600. The zero-order valence-electron chi connectivity index (χ0n) is 12.5. The minimum Gasteiger partial charge on any atom is -0.477 e. The van der Waals surface area contributed by atoms with Crippen molar-refractivity contribution in [2.45, 2.75) is 33.7 Å². The Hall–Kier alpha value is -1.62. The fourth-order valence-corrected chi connectivity index (χ4v) is 2.31. The Morgan fingerprint density at radius 3 is 2.35 bits per heavy atom. The standard InChI is InChI=1S/C15H24N2O3/c1-9(2)11(8-18)14(10(3)4)17-13-7-5-6-12(16-13)15(19)20/h5-7,9-11,14,18H,8H2,1-4H3,(H,16,17)(H,19,20). The number of hydrogen-bond acceptors (Lipinski definition) is 4. The highest BCUT2D eigenvalue weighted by Crippen LogP contribution is 2.24. The van der Waals surface area contributed by atoms with Crippen LogP contribution in [0.3, 0.4) is 0 Å². The lowest BCUT2D eigenvalue weighted by atomic mass is 9.83. The van der Waals surface area contributed by atoms with E-state index in [2.05, 4.69) is 38.0 Å². The van der Waals surface area contributed by atoms with Gasteiger partial charge in [0, 0.05) is 18.6 Å². The molecule has 0 spiro atoms. The Kier molecular flexibility index (Phi) is 5.95. The van der Waals surface area contributed by atoms with E-state index < -0.39 is 5.97 Å². The number of rotatable bonds is 7. The third kappa shape index (κ3) is 4.20. The predicted molar refractivity (Wildman–Crippen MR) is 78.9 cm³/mol. The number of aliphatic hydroxyl groups is 1. The smallest absolute Gasteiger partial charge is 0.354 e. The number of hydrogen-bond donors (Lipinski definition) is 3. The molecule has 1 aromatic rings. The van der Waals surface area contributed by atoms with Crippen LogP contribution in [-0.2, 0) is 0 Å². The summed E-state index contributed by atoms with van der Waals surface area (Å²) in [5.41, 5.74) is 0.0163. The van der Waals surface area contributed by atoms with Crippen LogP contribution in [0.15, 0.2) is 18.2 Å². The molecule has 0 bridgehead atoms. The number of aliphatic hydroxyl groups excluding tert-OH is 1. The average molecular weight is 280 g/mol. The van der Waals surface area contributed by atoms with Gasteiger partial charge in [-0.25, -0.2) is 9.78 Å². The summed E-state index contributed by atoms with van der Waals surface area (Å²) in [5, 5.41) is 21.8. The Morgan fingerprint density at radius 2 is 1.90 bits per heavy atom. The van der Waals surface area contributed by atoms with Gasteiger partial charge >= 0.3 is 5.97 Å². The molecule has 3 N–H and O–H groups in total. The largest absolute Gasteiger partial charge is 0.477 e. The third-order valence-electron chi connectivity index (χ3n) is 3.53. The molecule has 5 nitrogen and oxygen atoms in total. The maximum atomic E-state index is 10.9. The van der Waals surface area contributed by atoms with Gasteiger partial charge < -0.3 is 15.5 Å². The van der Waals surface area contributed by atoms with Crippen LogP contribution < -0.4 is 5.32 Å². The molecule has 0 amide bonds. The van der Waals surface area contributed by atoms with Gasteiger partial charge in [0.15, 0.2) is 5.69 Å². The van der Waals surface area contributed by atoms with Crippen molar-refractivity contribution < 1.29 is 15.0 Å². The molecule has 0 aliphatic rings. The normalized spacial score (nSPS) is 14.3. The van der Waals surface area contributed by atoms with Crippen molar-refractivity contribution in [3.63, 3.8) is 0 Å². The first-order valence-corrected chi connectivity index (χ1v) is 6.94. The van der Waals surface area contributed by atoms with Crippen molar-refractivity contribution >= 4 is 11.8 Å². The number of aromatic nitrogens is 1. The zero-order valence-corrected chi connectivity index (χ0v) is 12.5. The molecular formula is C15H24N2O3. The second kappa shape index (κ2) is 7.24. The molecule has 0 aromatic carbocycles. The molecule has 0 aliphatic carbocycles. The van der Waals surface area contributed by atoms with E-state index in [9.17, 15) is 9.90 Å². The van der Waals surface area contributed by atoms with E-state index in [4.69, 9.17) is 5.11 Å². The van der Waals surface area contributed by atoms with Gasteiger partial charge in [-0.1, -0.05) is 33.8 Å². The van der Waals surface area contributed by atoms with Crippen molar-refractivity contribution in [1.82, 2.24) is 4.98 Å². The molecular weight excluding hydrogens is 256 g/mol. The summed E-state index contributed by atoms with van der Waals surface area (Å²) in [5.74, 6) is 0.192. The Morgan fingerprint density at radius 1 is 1.25 bits per heavy atom. The zero-order chi connectivity index (χ0) is 15.3. The summed E-state index contributed by atoms with van der Waals surface area (Å²) in [4.78, 5) is 15.0. The number of nitrogens with one attached hydrogen (secondary N) is 1. The molecule has 1 heterocycles. The number of carbonyl (C=O) groups is 1. The van der Waals surface area contributed by atoms with Gasteiger partial charge in [0.25, 0.3) is 0 Å². The highest BCUT2D eigenvalue weighted by atomic mass is 16.4. The second-order valence-electron chi connectivity index (χ2n) is 5.72. The van der Waals surface area contributed by atoms with Crippen LogP contribution in [0.25, 0.3) is 0 Å². The topological polar surface area (TPSA) is 82.5 Å². The first-order valence-electron chi connectivity index (χ1n) is 6.94. The molecule has 0 aliphatic heterocycles. The van der Waals surface area contributed by atoms with Gasteiger partial charge in [-0.15, -0.1) is 0 Å². The Balaban J connectivity index is 2.96. The van der Waals surface area contributed by atoms with Crippen LogP contribution in [0, 0.1) is 17.8 Å². The Labute approximate surface area is 120 Å². The van der Waals surface area contributed by atoms with Crippen LogP contribution in [0.1, 0.15) is 38.2 Å². The molecule has 1 rings (SSSR count). The van der Waals surface area contributed by atoms with Crippen LogP contribution in [0.5, 0.6) is 0 Å². The summed E-state index contributed by atoms with van der Waals surface area (Å²) in [6.45, 7) is 8.37. The molecule has 0 saturated carbocycles. The molecule has 5 heteroatoms. The molecule has 0 radical (unpaired) electrons. The van der Waals surface area contributed by atoms with E-state index in [-0.39, 0.29) is 24.3 Å². The van der Waals surface area contributed by atoms with Crippen LogP contribution in [0.2, 0.25) is 0 Å². The highest BCUT2D eigenvalue weighted by molar-refractivity contribution is 5.85. The summed E-state index contributed by atoms with van der Waals surface area (Å²) >= 11 is 0. The quantitative estimate of drug-likeness (QED) is 0.714. The molecule has 2 atom stereocenters. The van der Waals surface area contributed by atoms with Crippen molar-refractivity contribution in [1.29, 1.82) is 0 Å². The highest BCUT2D eigenvalue weighted by Gasteiger charge is 2.27. The fourth-order valence-electron chi connectivity index (χ4n) is 2.31. The molecule has 0 saturated heterocycles.